The third-order valence-corrected chi connectivity index (χ3v) is 3.97. The molecule has 1 aromatic carbocycles. The van der Waals surface area contributed by atoms with Gasteiger partial charge in [-0.1, -0.05) is 36.1 Å². The second kappa shape index (κ2) is 7.43. The minimum absolute atomic E-state index is 0.103. The lowest BCUT2D eigenvalue weighted by Crippen LogP contribution is -2.22. The molecular formula is C18H14N2O2S. The lowest BCUT2D eigenvalue weighted by atomic mass is 10.2. The molecule has 0 fully saturated rings. The van der Waals surface area contributed by atoms with Crippen LogP contribution < -0.4 is 10.1 Å². The Kier molecular flexibility index (Phi) is 4.87. The van der Waals surface area contributed by atoms with Crippen molar-refractivity contribution < 1.29 is 9.53 Å². The molecule has 2 heterocycles. The van der Waals surface area contributed by atoms with E-state index in [9.17, 15) is 4.79 Å². The number of carbonyl (C=O) groups excluding carboxylic acids is 1. The fourth-order valence-corrected chi connectivity index (χ4v) is 2.68. The molecule has 3 aromatic rings. The van der Waals surface area contributed by atoms with Crippen molar-refractivity contribution in [3.8, 4) is 17.6 Å². The SMILES string of the molecule is O=C(NCC#CCOc1cccc2cccnc12)c1cccs1. The highest BCUT2D eigenvalue weighted by atomic mass is 32.1. The summed E-state index contributed by atoms with van der Waals surface area (Å²) in [5.41, 5.74) is 0.822. The van der Waals surface area contributed by atoms with E-state index in [-0.39, 0.29) is 12.5 Å². The fraction of sp³-hybridized carbons (Fsp3) is 0.111. The Labute approximate surface area is 138 Å². The van der Waals surface area contributed by atoms with Gasteiger partial charge in [-0.15, -0.1) is 11.3 Å². The number of benzene rings is 1. The highest BCUT2D eigenvalue weighted by Crippen LogP contribution is 2.22. The van der Waals surface area contributed by atoms with Crippen LogP contribution in [0.1, 0.15) is 9.67 Å². The Balaban J connectivity index is 1.51. The third kappa shape index (κ3) is 3.87. The van der Waals surface area contributed by atoms with Gasteiger partial charge in [0.05, 0.1) is 11.4 Å². The summed E-state index contributed by atoms with van der Waals surface area (Å²) in [5, 5.41) is 5.64. The molecule has 1 amide bonds. The molecule has 0 spiro atoms. The zero-order valence-corrected chi connectivity index (χ0v) is 13.1. The summed E-state index contributed by atoms with van der Waals surface area (Å²) >= 11 is 1.41. The molecule has 0 radical (unpaired) electrons. The first-order valence-electron chi connectivity index (χ1n) is 7.08. The van der Waals surface area contributed by atoms with Crippen LogP contribution in [0.15, 0.2) is 54.0 Å². The van der Waals surface area contributed by atoms with Crippen molar-refractivity contribution in [2.75, 3.05) is 13.2 Å². The number of fused-ring (bicyclic) bond motifs is 1. The van der Waals surface area contributed by atoms with Crippen LogP contribution in [-0.4, -0.2) is 24.0 Å². The number of hydrogen-bond donors (Lipinski definition) is 1. The molecule has 0 aliphatic heterocycles. The minimum atomic E-state index is -0.103. The van der Waals surface area contributed by atoms with E-state index >= 15 is 0 Å². The van der Waals surface area contributed by atoms with Crippen LogP contribution in [0.25, 0.3) is 10.9 Å². The van der Waals surface area contributed by atoms with Crippen LogP contribution in [0.3, 0.4) is 0 Å². The van der Waals surface area contributed by atoms with Crippen LogP contribution in [-0.2, 0) is 0 Å². The second-order valence-electron chi connectivity index (χ2n) is 4.63. The second-order valence-corrected chi connectivity index (χ2v) is 5.58. The summed E-state index contributed by atoms with van der Waals surface area (Å²) in [6, 6.07) is 13.3. The molecular weight excluding hydrogens is 308 g/mol. The number of amides is 1. The molecule has 1 N–H and O–H groups in total. The number of rotatable bonds is 4. The van der Waals surface area contributed by atoms with Crippen LogP contribution in [0.5, 0.6) is 5.75 Å². The van der Waals surface area contributed by atoms with E-state index in [0.717, 1.165) is 10.9 Å². The molecule has 114 valence electrons. The average molecular weight is 322 g/mol. The van der Waals surface area contributed by atoms with Gasteiger partial charge in [-0.2, -0.15) is 0 Å². The third-order valence-electron chi connectivity index (χ3n) is 3.10. The lowest BCUT2D eigenvalue weighted by Gasteiger charge is -2.05. The predicted molar refractivity (Wildman–Crippen MR) is 91.7 cm³/mol. The van der Waals surface area contributed by atoms with Crippen molar-refractivity contribution in [3.05, 3.63) is 58.9 Å². The van der Waals surface area contributed by atoms with E-state index in [4.69, 9.17) is 4.74 Å². The first kappa shape index (κ1) is 15.1. The van der Waals surface area contributed by atoms with Crippen molar-refractivity contribution >= 4 is 28.1 Å². The number of nitrogens with one attached hydrogen (secondary N) is 1. The van der Waals surface area contributed by atoms with Crippen molar-refractivity contribution in [1.82, 2.24) is 10.3 Å². The number of para-hydroxylation sites is 1. The Bertz CT molecular complexity index is 858. The zero-order chi connectivity index (χ0) is 15.9. The highest BCUT2D eigenvalue weighted by molar-refractivity contribution is 7.12. The normalized spacial score (nSPS) is 9.91. The molecule has 5 heteroatoms. The number of carbonyl (C=O) groups is 1. The number of ether oxygens (including phenoxy) is 1. The summed E-state index contributed by atoms with van der Waals surface area (Å²) in [5.74, 6) is 6.37. The summed E-state index contributed by atoms with van der Waals surface area (Å²) in [7, 11) is 0. The Hall–Kier alpha value is -2.84. The van der Waals surface area contributed by atoms with Crippen molar-refractivity contribution in [1.29, 1.82) is 0 Å². The molecule has 2 aromatic heterocycles. The summed E-state index contributed by atoms with van der Waals surface area (Å²) in [6.07, 6.45) is 1.74. The van der Waals surface area contributed by atoms with Gasteiger partial charge in [-0.05, 0) is 23.6 Å². The molecule has 0 unspecified atom stereocenters. The number of hydrogen-bond acceptors (Lipinski definition) is 4. The molecule has 0 saturated heterocycles. The Morgan fingerprint density at radius 1 is 1.17 bits per heavy atom. The van der Waals surface area contributed by atoms with Crippen LogP contribution in [0.4, 0.5) is 0 Å². The molecule has 4 nitrogen and oxygen atoms in total. The van der Waals surface area contributed by atoms with Crippen LogP contribution in [0, 0.1) is 11.8 Å². The van der Waals surface area contributed by atoms with Gasteiger partial charge in [-0.25, -0.2) is 0 Å². The van der Waals surface area contributed by atoms with Gasteiger partial charge in [0.15, 0.2) is 0 Å². The van der Waals surface area contributed by atoms with Gasteiger partial charge >= 0.3 is 0 Å². The topological polar surface area (TPSA) is 51.2 Å². The molecule has 3 rings (SSSR count). The van der Waals surface area contributed by atoms with Crippen molar-refractivity contribution in [3.63, 3.8) is 0 Å². The van der Waals surface area contributed by atoms with E-state index in [1.807, 2.05) is 41.8 Å². The fourth-order valence-electron chi connectivity index (χ4n) is 2.04. The first-order chi connectivity index (χ1) is 11.3. The van der Waals surface area contributed by atoms with Crippen LogP contribution in [0.2, 0.25) is 0 Å². The highest BCUT2D eigenvalue weighted by Gasteiger charge is 2.03. The summed E-state index contributed by atoms with van der Waals surface area (Å²) in [6.45, 7) is 0.554. The van der Waals surface area contributed by atoms with Gasteiger partial charge in [-0.3, -0.25) is 9.78 Å². The van der Waals surface area contributed by atoms with Gasteiger partial charge < -0.3 is 10.1 Å². The number of pyridine rings is 1. The molecule has 23 heavy (non-hydrogen) atoms. The number of thiophene rings is 1. The molecule has 0 atom stereocenters. The maximum atomic E-state index is 11.7. The maximum Gasteiger partial charge on any atom is 0.262 e. The van der Waals surface area contributed by atoms with E-state index in [1.54, 1.807) is 12.3 Å². The maximum absolute atomic E-state index is 11.7. The zero-order valence-electron chi connectivity index (χ0n) is 12.3. The molecule has 0 aliphatic carbocycles. The quantitative estimate of drug-likeness (QED) is 0.751. The lowest BCUT2D eigenvalue weighted by molar-refractivity contribution is 0.0962. The van der Waals surface area contributed by atoms with E-state index in [2.05, 4.69) is 22.1 Å². The molecule has 0 saturated carbocycles. The number of aromatic nitrogens is 1. The Morgan fingerprint density at radius 3 is 2.96 bits per heavy atom. The number of nitrogens with zero attached hydrogens (tertiary/aromatic N) is 1. The van der Waals surface area contributed by atoms with E-state index < -0.39 is 0 Å². The van der Waals surface area contributed by atoms with Gasteiger partial charge in [0.2, 0.25) is 0 Å². The van der Waals surface area contributed by atoms with E-state index in [0.29, 0.717) is 17.2 Å². The predicted octanol–water partition coefficient (Wildman–Crippen LogP) is 3.11. The summed E-state index contributed by atoms with van der Waals surface area (Å²) in [4.78, 5) is 16.7. The van der Waals surface area contributed by atoms with Crippen molar-refractivity contribution in [2.24, 2.45) is 0 Å². The first-order valence-corrected chi connectivity index (χ1v) is 7.96. The van der Waals surface area contributed by atoms with Crippen molar-refractivity contribution in [2.45, 2.75) is 0 Å². The largest absolute Gasteiger partial charge is 0.479 e. The Morgan fingerprint density at radius 2 is 2.09 bits per heavy atom. The molecule has 0 aliphatic rings. The standard InChI is InChI=1S/C18H14N2O2S/c21-18(16-9-5-13-23-16)20-10-1-2-12-22-15-8-3-6-14-7-4-11-19-17(14)15/h3-9,11,13H,10,12H2,(H,20,21). The van der Waals surface area contributed by atoms with Gasteiger partial charge in [0, 0.05) is 11.6 Å². The van der Waals surface area contributed by atoms with Crippen LogP contribution >= 0.6 is 11.3 Å². The monoisotopic (exact) mass is 322 g/mol. The smallest absolute Gasteiger partial charge is 0.262 e. The van der Waals surface area contributed by atoms with Gasteiger partial charge in [0.1, 0.15) is 17.9 Å². The molecule has 0 bridgehead atoms. The minimum Gasteiger partial charge on any atom is -0.479 e. The van der Waals surface area contributed by atoms with Gasteiger partial charge in [0.25, 0.3) is 5.91 Å². The average Bonchev–Trinajstić information content (AvgIpc) is 3.12. The van der Waals surface area contributed by atoms with E-state index in [1.165, 1.54) is 11.3 Å². The summed E-state index contributed by atoms with van der Waals surface area (Å²) < 4.78 is 5.65.